The Bertz CT molecular complexity index is 374. The van der Waals surface area contributed by atoms with E-state index < -0.39 is 0 Å². The Hall–Kier alpha value is -0.960. The van der Waals surface area contributed by atoms with Crippen LogP contribution in [-0.4, -0.2) is 23.4 Å². The summed E-state index contributed by atoms with van der Waals surface area (Å²) in [5.74, 6) is 0.542. The third kappa shape index (κ3) is 1.88. The number of halogens is 1. The molecule has 2 atom stereocenters. The van der Waals surface area contributed by atoms with Crippen LogP contribution in [0.5, 0.6) is 0 Å². The number of nitrogens with zero attached hydrogens (tertiary/aromatic N) is 1. The zero-order valence-electron chi connectivity index (χ0n) is 8.87. The molecule has 1 amide bonds. The summed E-state index contributed by atoms with van der Waals surface area (Å²) in [6.45, 7) is 5.03. The Balaban J connectivity index is 2.19. The van der Waals surface area contributed by atoms with Gasteiger partial charge in [-0.15, -0.1) is 0 Å². The highest BCUT2D eigenvalue weighted by Gasteiger charge is 2.31. The van der Waals surface area contributed by atoms with Crippen LogP contribution in [0.15, 0.2) is 16.7 Å². The fraction of sp³-hybridized carbons (Fsp3) is 0.545. The fourth-order valence-corrected chi connectivity index (χ4v) is 2.38. The van der Waals surface area contributed by atoms with E-state index in [2.05, 4.69) is 13.8 Å². The van der Waals surface area contributed by atoms with E-state index in [-0.39, 0.29) is 11.1 Å². The molecule has 0 aliphatic carbocycles. The van der Waals surface area contributed by atoms with Gasteiger partial charge in [0.15, 0.2) is 0 Å². The molecule has 1 fully saturated rings. The predicted octanol–water partition coefficient (Wildman–Crippen LogP) is 2.80. The lowest BCUT2D eigenvalue weighted by molar-refractivity contribution is 0.0743. The molecule has 1 aliphatic rings. The first-order chi connectivity index (χ1) is 7.09. The van der Waals surface area contributed by atoms with Gasteiger partial charge in [-0.3, -0.25) is 4.79 Å². The highest BCUT2D eigenvalue weighted by Crippen LogP contribution is 2.26. The van der Waals surface area contributed by atoms with Crippen molar-refractivity contribution < 1.29 is 9.21 Å². The van der Waals surface area contributed by atoms with Gasteiger partial charge >= 0.3 is 0 Å². The summed E-state index contributed by atoms with van der Waals surface area (Å²) in [7, 11) is 0. The summed E-state index contributed by atoms with van der Waals surface area (Å²) in [5, 5.41) is 0.187. The van der Waals surface area contributed by atoms with Crippen LogP contribution >= 0.6 is 11.6 Å². The molecule has 0 saturated carbocycles. The first-order valence-corrected chi connectivity index (χ1v) is 5.51. The smallest absolute Gasteiger partial charge is 0.258 e. The third-order valence-electron chi connectivity index (χ3n) is 2.89. The minimum absolute atomic E-state index is 0.0226. The van der Waals surface area contributed by atoms with Crippen LogP contribution in [0.4, 0.5) is 0 Å². The Morgan fingerprint density at radius 1 is 1.60 bits per heavy atom. The van der Waals surface area contributed by atoms with Gasteiger partial charge in [-0.1, -0.05) is 6.92 Å². The molecule has 1 aromatic rings. The maximum Gasteiger partial charge on any atom is 0.258 e. The minimum atomic E-state index is -0.0226. The van der Waals surface area contributed by atoms with Crippen LogP contribution in [0.1, 0.15) is 30.6 Å². The van der Waals surface area contributed by atoms with E-state index in [1.807, 2.05) is 4.90 Å². The number of hydrogen-bond donors (Lipinski definition) is 0. The van der Waals surface area contributed by atoms with Gasteiger partial charge < -0.3 is 9.32 Å². The van der Waals surface area contributed by atoms with Crippen LogP contribution in [0.25, 0.3) is 0 Å². The van der Waals surface area contributed by atoms with Gasteiger partial charge in [0, 0.05) is 12.6 Å². The van der Waals surface area contributed by atoms with Crippen LogP contribution < -0.4 is 0 Å². The molecule has 0 bridgehead atoms. The van der Waals surface area contributed by atoms with Gasteiger partial charge in [0.2, 0.25) is 5.22 Å². The molecule has 82 valence electrons. The topological polar surface area (TPSA) is 33.5 Å². The summed E-state index contributed by atoms with van der Waals surface area (Å²) in [4.78, 5) is 13.9. The summed E-state index contributed by atoms with van der Waals surface area (Å²) in [6, 6.07) is 1.92. The molecule has 1 saturated heterocycles. The fourth-order valence-electron chi connectivity index (χ4n) is 2.18. The van der Waals surface area contributed by atoms with E-state index in [0.29, 0.717) is 17.5 Å². The second kappa shape index (κ2) is 3.89. The summed E-state index contributed by atoms with van der Waals surface area (Å²) in [5.41, 5.74) is 0.470. The summed E-state index contributed by atoms with van der Waals surface area (Å²) in [6.07, 6.45) is 2.50. The maximum atomic E-state index is 12.1. The maximum absolute atomic E-state index is 12.1. The van der Waals surface area contributed by atoms with Crippen molar-refractivity contribution >= 4 is 17.5 Å². The van der Waals surface area contributed by atoms with Crippen LogP contribution in [-0.2, 0) is 0 Å². The Labute approximate surface area is 94.0 Å². The van der Waals surface area contributed by atoms with Gasteiger partial charge in [0.1, 0.15) is 0 Å². The van der Waals surface area contributed by atoms with Crippen LogP contribution in [0.3, 0.4) is 0 Å². The average molecular weight is 228 g/mol. The first-order valence-electron chi connectivity index (χ1n) is 5.13. The van der Waals surface area contributed by atoms with Crippen molar-refractivity contribution in [3.63, 3.8) is 0 Å². The van der Waals surface area contributed by atoms with Crippen molar-refractivity contribution in [1.29, 1.82) is 0 Å². The molecule has 0 aromatic carbocycles. The molecule has 3 nitrogen and oxygen atoms in total. The standard InChI is InChI=1S/C11H14ClNO2/c1-7-5-8(2)13(6-7)11(14)9-3-4-15-10(9)12/h3-4,7-8H,5-6H2,1-2H3. The van der Waals surface area contributed by atoms with Gasteiger partial charge in [0.25, 0.3) is 5.91 Å². The zero-order chi connectivity index (χ0) is 11.0. The molecular weight excluding hydrogens is 214 g/mol. The van der Waals surface area contributed by atoms with Gasteiger partial charge in [-0.25, -0.2) is 0 Å². The molecule has 0 radical (unpaired) electrons. The first kappa shape index (κ1) is 10.6. The number of carbonyl (C=O) groups is 1. The van der Waals surface area contributed by atoms with E-state index in [4.69, 9.17) is 16.0 Å². The summed E-state index contributed by atoms with van der Waals surface area (Å²) >= 11 is 5.78. The second-order valence-electron chi connectivity index (χ2n) is 4.26. The number of likely N-dealkylation sites (tertiary alicyclic amines) is 1. The molecule has 2 heterocycles. The number of amides is 1. The highest BCUT2D eigenvalue weighted by molar-refractivity contribution is 6.32. The Morgan fingerprint density at radius 2 is 2.33 bits per heavy atom. The van der Waals surface area contributed by atoms with Crippen molar-refractivity contribution in [2.24, 2.45) is 5.92 Å². The van der Waals surface area contributed by atoms with E-state index in [0.717, 1.165) is 13.0 Å². The summed E-state index contributed by atoms with van der Waals surface area (Å²) < 4.78 is 4.93. The van der Waals surface area contributed by atoms with Gasteiger partial charge in [-0.2, -0.15) is 0 Å². The van der Waals surface area contributed by atoms with Crippen molar-refractivity contribution in [1.82, 2.24) is 4.90 Å². The largest absolute Gasteiger partial charge is 0.452 e. The van der Waals surface area contributed by atoms with Crippen molar-refractivity contribution in [2.75, 3.05) is 6.54 Å². The SMILES string of the molecule is CC1CC(C)N(C(=O)c2ccoc2Cl)C1. The monoisotopic (exact) mass is 227 g/mol. The quantitative estimate of drug-likeness (QED) is 0.739. The molecule has 0 spiro atoms. The van der Waals surface area contributed by atoms with E-state index in [1.54, 1.807) is 6.07 Å². The van der Waals surface area contributed by atoms with E-state index in [9.17, 15) is 4.79 Å². The number of rotatable bonds is 1. The number of furan rings is 1. The Morgan fingerprint density at radius 3 is 2.80 bits per heavy atom. The van der Waals surface area contributed by atoms with Crippen molar-refractivity contribution in [3.8, 4) is 0 Å². The van der Waals surface area contributed by atoms with Crippen LogP contribution in [0, 0.1) is 5.92 Å². The molecule has 15 heavy (non-hydrogen) atoms. The molecule has 4 heteroatoms. The lowest BCUT2D eigenvalue weighted by atomic mass is 10.1. The van der Waals surface area contributed by atoms with Gasteiger partial charge in [-0.05, 0) is 36.9 Å². The normalized spacial score (nSPS) is 25.9. The lowest BCUT2D eigenvalue weighted by Crippen LogP contribution is -2.33. The van der Waals surface area contributed by atoms with Gasteiger partial charge in [0.05, 0.1) is 11.8 Å². The zero-order valence-corrected chi connectivity index (χ0v) is 9.62. The predicted molar refractivity (Wildman–Crippen MR) is 58.0 cm³/mol. The molecule has 0 N–H and O–H groups in total. The number of hydrogen-bond acceptors (Lipinski definition) is 2. The van der Waals surface area contributed by atoms with E-state index in [1.165, 1.54) is 6.26 Å². The molecule has 1 aliphatic heterocycles. The van der Waals surface area contributed by atoms with E-state index >= 15 is 0 Å². The molecule has 2 rings (SSSR count). The lowest BCUT2D eigenvalue weighted by Gasteiger charge is -2.20. The minimum Gasteiger partial charge on any atom is -0.452 e. The van der Waals surface area contributed by atoms with Crippen molar-refractivity contribution in [3.05, 3.63) is 23.1 Å². The average Bonchev–Trinajstić information content (AvgIpc) is 2.71. The third-order valence-corrected chi connectivity index (χ3v) is 3.19. The van der Waals surface area contributed by atoms with Crippen LogP contribution in [0.2, 0.25) is 5.22 Å². The highest BCUT2D eigenvalue weighted by atomic mass is 35.5. The Kier molecular flexibility index (Phi) is 2.74. The second-order valence-corrected chi connectivity index (χ2v) is 4.60. The van der Waals surface area contributed by atoms with Crippen molar-refractivity contribution in [2.45, 2.75) is 26.3 Å². The molecule has 2 unspecified atom stereocenters. The molecule has 1 aromatic heterocycles. The molecular formula is C11H14ClNO2. The number of carbonyl (C=O) groups excluding carboxylic acids is 1.